The van der Waals surface area contributed by atoms with Gasteiger partial charge in [-0.05, 0) is 40.8 Å². The summed E-state index contributed by atoms with van der Waals surface area (Å²) in [6.45, 7) is 6.52. The minimum Gasteiger partial charge on any atom is -0.352 e. The second-order valence-electron chi connectivity index (χ2n) is 8.79. The average Bonchev–Trinajstić information content (AvgIpc) is 3.17. The van der Waals surface area contributed by atoms with Gasteiger partial charge in [0.1, 0.15) is 17.7 Å². The Hall–Kier alpha value is -3.48. The molecule has 2 N–H and O–H groups in total. The maximum absolute atomic E-state index is 13.8. The van der Waals surface area contributed by atoms with Gasteiger partial charge in [-0.25, -0.2) is 9.37 Å². The second kappa shape index (κ2) is 9.77. The lowest BCUT2D eigenvalue weighted by molar-refractivity contribution is -0.121. The standard InChI is InChI=1S/C25H29FN4O2/c1-25(2,3)19-10-8-17(9-11-19)24(32)28-13-12-21(31)29-22(23-27-14-15-30(23)4)18-6-5-7-20(26)16-18/h5-11,14-16,22H,12-13H2,1-4H3,(H,28,32)(H,29,31). The van der Waals surface area contributed by atoms with Gasteiger partial charge in [0, 0.05) is 38.0 Å². The molecule has 1 unspecified atom stereocenters. The van der Waals surface area contributed by atoms with E-state index in [0.717, 1.165) is 5.56 Å². The molecule has 1 atom stereocenters. The third-order valence-electron chi connectivity index (χ3n) is 5.25. The maximum atomic E-state index is 13.8. The minimum atomic E-state index is -0.598. The predicted molar refractivity (Wildman–Crippen MR) is 122 cm³/mol. The Bertz CT molecular complexity index is 1080. The smallest absolute Gasteiger partial charge is 0.251 e. The van der Waals surface area contributed by atoms with Crippen LogP contribution in [0.5, 0.6) is 0 Å². The van der Waals surface area contributed by atoms with E-state index in [2.05, 4.69) is 36.4 Å². The second-order valence-corrected chi connectivity index (χ2v) is 8.79. The number of aryl methyl sites for hydroxylation is 1. The highest BCUT2D eigenvalue weighted by atomic mass is 19.1. The number of amides is 2. The number of nitrogens with one attached hydrogen (secondary N) is 2. The fraction of sp³-hybridized carbons (Fsp3) is 0.320. The molecule has 0 aliphatic carbocycles. The summed E-state index contributed by atoms with van der Waals surface area (Å²) >= 11 is 0. The van der Waals surface area contributed by atoms with E-state index in [4.69, 9.17) is 0 Å². The van der Waals surface area contributed by atoms with Crippen molar-refractivity contribution in [2.45, 2.75) is 38.6 Å². The molecular formula is C25H29FN4O2. The molecule has 1 aromatic heterocycles. The molecule has 3 aromatic rings. The Balaban J connectivity index is 1.60. The Morgan fingerprint density at radius 2 is 1.84 bits per heavy atom. The van der Waals surface area contributed by atoms with Crippen LogP contribution in [0.25, 0.3) is 0 Å². The molecule has 0 radical (unpaired) electrons. The van der Waals surface area contributed by atoms with E-state index in [1.807, 2.05) is 19.2 Å². The molecule has 0 spiro atoms. The first-order valence-electron chi connectivity index (χ1n) is 10.6. The SMILES string of the molecule is Cn1ccnc1C(NC(=O)CCNC(=O)c1ccc(C(C)(C)C)cc1)c1cccc(F)c1. The third kappa shape index (κ3) is 5.81. The van der Waals surface area contributed by atoms with Gasteiger partial charge >= 0.3 is 0 Å². The number of nitrogens with zero attached hydrogens (tertiary/aromatic N) is 2. The minimum absolute atomic E-state index is 0.0124. The van der Waals surface area contributed by atoms with Crippen LogP contribution in [0.2, 0.25) is 0 Å². The number of hydrogen-bond acceptors (Lipinski definition) is 3. The number of aromatic nitrogens is 2. The topological polar surface area (TPSA) is 76.0 Å². The number of rotatable bonds is 7. The maximum Gasteiger partial charge on any atom is 0.251 e. The number of imidazole rings is 1. The molecule has 0 aliphatic heterocycles. The van der Waals surface area contributed by atoms with Crippen molar-refractivity contribution in [3.8, 4) is 0 Å². The molecule has 168 valence electrons. The van der Waals surface area contributed by atoms with Crippen LogP contribution >= 0.6 is 0 Å². The van der Waals surface area contributed by atoms with E-state index in [-0.39, 0.29) is 36.0 Å². The normalized spacial score (nSPS) is 12.3. The van der Waals surface area contributed by atoms with Gasteiger partial charge in [0.25, 0.3) is 5.91 Å². The van der Waals surface area contributed by atoms with Crippen molar-refractivity contribution in [1.82, 2.24) is 20.2 Å². The van der Waals surface area contributed by atoms with Gasteiger partial charge in [0.15, 0.2) is 0 Å². The summed E-state index contributed by atoms with van der Waals surface area (Å²) in [6, 6.07) is 12.9. The zero-order valence-electron chi connectivity index (χ0n) is 18.9. The average molecular weight is 437 g/mol. The van der Waals surface area contributed by atoms with E-state index >= 15 is 0 Å². The largest absolute Gasteiger partial charge is 0.352 e. The lowest BCUT2D eigenvalue weighted by Crippen LogP contribution is -2.34. The highest BCUT2D eigenvalue weighted by Crippen LogP contribution is 2.23. The highest BCUT2D eigenvalue weighted by Gasteiger charge is 2.21. The zero-order valence-corrected chi connectivity index (χ0v) is 18.9. The number of hydrogen-bond donors (Lipinski definition) is 2. The highest BCUT2D eigenvalue weighted by molar-refractivity contribution is 5.94. The molecule has 3 rings (SSSR count). The number of benzene rings is 2. The van der Waals surface area contributed by atoms with Crippen molar-refractivity contribution >= 4 is 11.8 Å². The van der Waals surface area contributed by atoms with Crippen LogP contribution in [0.3, 0.4) is 0 Å². The predicted octanol–water partition coefficient (Wildman–Crippen LogP) is 3.88. The summed E-state index contributed by atoms with van der Waals surface area (Å²) in [4.78, 5) is 29.3. The molecular weight excluding hydrogens is 407 g/mol. The Morgan fingerprint density at radius 3 is 2.44 bits per heavy atom. The van der Waals surface area contributed by atoms with Crippen molar-refractivity contribution in [2.24, 2.45) is 7.05 Å². The van der Waals surface area contributed by atoms with Crippen LogP contribution < -0.4 is 10.6 Å². The zero-order chi connectivity index (χ0) is 23.3. The summed E-state index contributed by atoms with van der Waals surface area (Å²) in [5.74, 6) is -0.303. The van der Waals surface area contributed by atoms with Crippen molar-refractivity contribution in [2.75, 3.05) is 6.54 Å². The van der Waals surface area contributed by atoms with E-state index in [1.165, 1.54) is 12.1 Å². The van der Waals surface area contributed by atoms with Crippen LogP contribution in [0.15, 0.2) is 60.9 Å². The fourth-order valence-electron chi connectivity index (χ4n) is 3.38. The van der Waals surface area contributed by atoms with Crippen molar-refractivity contribution in [1.29, 1.82) is 0 Å². The van der Waals surface area contributed by atoms with E-state index < -0.39 is 6.04 Å². The Labute approximate surface area is 187 Å². The number of carbonyl (C=O) groups is 2. The first kappa shape index (κ1) is 23.2. The molecule has 7 heteroatoms. The van der Waals surface area contributed by atoms with Crippen molar-refractivity contribution in [3.63, 3.8) is 0 Å². The quantitative estimate of drug-likeness (QED) is 0.590. The van der Waals surface area contributed by atoms with Gasteiger partial charge in [0.05, 0.1) is 0 Å². The lowest BCUT2D eigenvalue weighted by Gasteiger charge is -2.19. The van der Waals surface area contributed by atoms with E-state index in [9.17, 15) is 14.0 Å². The molecule has 0 saturated carbocycles. The molecule has 0 aliphatic rings. The Kier molecular flexibility index (Phi) is 7.08. The molecule has 32 heavy (non-hydrogen) atoms. The fourth-order valence-corrected chi connectivity index (χ4v) is 3.38. The summed E-state index contributed by atoms with van der Waals surface area (Å²) in [5.41, 5.74) is 2.30. The summed E-state index contributed by atoms with van der Waals surface area (Å²) in [5, 5.41) is 5.68. The molecule has 1 heterocycles. The first-order chi connectivity index (χ1) is 15.1. The number of halogens is 1. The molecule has 6 nitrogen and oxygen atoms in total. The van der Waals surface area contributed by atoms with Gasteiger partial charge in [-0.2, -0.15) is 0 Å². The van der Waals surface area contributed by atoms with Crippen LogP contribution in [-0.2, 0) is 17.3 Å². The monoisotopic (exact) mass is 436 g/mol. The molecule has 0 fully saturated rings. The van der Waals surface area contributed by atoms with Gasteiger partial charge in [-0.15, -0.1) is 0 Å². The molecule has 0 bridgehead atoms. The van der Waals surface area contributed by atoms with E-state index in [0.29, 0.717) is 17.0 Å². The molecule has 0 saturated heterocycles. The first-order valence-corrected chi connectivity index (χ1v) is 10.6. The van der Waals surface area contributed by atoms with Crippen molar-refractivity contribution in [3.05, 3.63) is 89.3 Å². The summed E-state index contributed by atoms with van der Waals surface area (Å²) < 4.78 is 15.5. The van der Waals surface area contributed by atoms with Gasteiger partial charge < -0.3 is 15.2 Å². The van der Waals surface area contributed by atoms with Crippen LogP contribution in [0, 0.1) is 5.82 Å². The third-order valence-corrected chi connectivity index (χ3v) is 5.25. The summed E-state index contributed by atoms with van der Waals surface area (Å²) in [7, 11) is 1.81. The van der Waals surface area contributed by atoms with Crippen LogP contribution in [0.1, 0.15) is 60.5 Å². The Morgan fingerprint density at radius 1 is 1.12 bits per heavy atom. The van der Waals surface area contributed by atoms with Crippen LogP contribution in [-0.4, -0.2) is 27.9 Å². The van der Waals surface area contributed by atoms with Crippen molar-refractivity contribution < 1.29 is 14.0 Å². The van der Waals surface area contributed by atoms with Gasteiger partial charge in [0.2, 0.25) is 5.91 Å². The lowest BCUT2D eigenvalue weighted by atomic mass is 9.87. The van der Waals surface area contributed by atoms with Gasteiger partial charge in [-0.3, -0.25) is 9.59 Å². The van der Waals surface area contributed by atoms with E-state index in [1.54, 1.807) is 41.2 Å². The number of carbonyl (C=O) groups excluding carboxylic acids is 2. The van der Waals surface area contributed by atoms with Crippen LogP contribution in [0.4, 0.5) is 4.39 Å². The molecule has 2 aromatic carbocycles. The van der Waals surface area contributed by atoms with Gasteiger partial charge in [-0.1, -0.05) is 45.0 Å². The summed E-state index contributed by atoms with van der Waals surface area (Å²) in [6.07, 6.45) is 3.47. The molecule has 2 amide bonds.